The summed E-state index contributed by atoms with van der Waals surface area (Å²) in [6.45, 7) is 13.9. The molecule has 0 radical (unpaired) electrons. The van der Waals surface area contributed by atoms with E-state index in [4.69, 9.17) is 5.11 Å². The molecule has 98 valence electrons. The standard InChI is InChI=1S/C13H26O.C2H6/c1-10(6-5-9-14)12-8-7-11(2)13(12,3)4;1-2/h10-12,14H,5-9H2,1-4H3;1-2H3. The van der Waals surface area contributed by atoms with Crippen LogP contribution in [0.2, 0.25) is 0 Å². The van der Waals surface area contributed by atoms with Crippen LogP contribution in [0.5, 0.6) is 0 Å². The monoisotopic (exact) mass is 228 g/mol. The van der Waals surface area contributed by atoms with Crippen molar-refractivity contribution in [3.8, 4) is 0 Å². The Bertz CT molecular complexity index is 174. The molecule has 0 saturated heterocycles. The molecule has 1 fully saturated rings. The van der Waals surface area contributed by atoms with Crippen LogP contribution >= 0.6 is 0 Å². The molecule has 1 saturated carbocycles. The van der Waals surface area contributed by atoms with Crippen molar-refractivity contribution in [1.29, 1.82) is 0 Å². The number of hydrogen-bond donors (Lipinski definition) is 1. The van der Waals surface area contributed by atoms with Crippen molar-refractivity contribution >= 4 is 0 Å². The van der Waals surface area contributed by atoms with Crippen LogP contribution in [0.15, 0.2) is 0 Å². The minimum Gasteiger partial charge on any atom is -0.396 e. The van der Waals surface area contributed by atoms with Gasteiger partial charge >= 0.3 is 0 Å². The fourth-order valence-corrected chi connectivity index (χ4v) is 3.17. The van der Waals surface area contributed by atoms with Crippen LogP contribution in [0, 0.1) is 23.2 Å². The van der Waals surface area contributed by atoms with Crippen molar-refractivity contribution in [3.05, 3.63) is 0 Å². The summed E-state index contributed by atoms with van der Waals surface area (Å²) in [5, 5.41) is 8.84. The van der Waals surface area contributed by atoms with E-state index >= 15 is 0 Å². The molecule has 0 aromatic heterocycles. The van der Waals surface area contributed by atoms with Crippen molar-refractivity contribution in [3.63, 3.8) is 0 Å². The smallest absolute Gasteiger partial charge is 0.0431 e. The SMILES string of the molecule is CC.CC(CCCO)C1CCC(C)C1(C)C. The molecule has 3 atom stereocenters. The Morgan fingerprint density at radius 3 is 2.19 bits per heavy atom. The third-order valence-corrected chi connectivity index (χ3v) is 4.64. The van der Waals surface area contributed by atoms with Crippen LogP contribution < -0.4 is 0 Å². The van der Waals surface area contributed by atoms with E-state index in [1.807, 2.05) is 13.8 Å². The van der Waals surface area contributed by atoms with Gasteiger partial charge in [0.1, 0.15) is 0 Å². The van der Waals surface area contributed by atoms with Crippen molar-refractivity contribution in [2.24, 2.45) is 23.2 Å². The first-order chi connectivity index (χ1) is 7.50. The third-order valence-electron chi connectivity index (χ3n) is 4.64. The van der Waals surface area contributed by atoms with Gasteiger partial charge in [0, 0.05) is 6.61 Å². The maximum atomic E-state index is 8.84. The van der Waals surface area contributed by atoms with E-state index < -0.39 is 0 Å². The molecule has 0 aromatic rings. The lowest BCUT2D eigenvalue weighted by Crippen LogP contribution is -2.28. The normalized spacial score (nSPS) is 29.4. The molecule has 1 heteroatoms. The minimum absolute atomic E-state index is 0.354. The van der Waals surface area contributed by atoms with Crippen LogP contribution in [0.1, 0.15) is 67.2 Å². The van der Waals surface area contributed by atoms with Gasteiger partial charge in [-0.25, -0.2) is 0 Å². The van der Waals surface area contributed by atoms with Crippen molar-refractivity contribution in [2.75, 3.05) is 6.61 Å². The summed E-state index contributed by atoms with van der Waals surface area (Å²) >= 11 is 0. The van der Waals surface area contributed by atoms with Gasteiger partial charge in [-0.05, 0) is 48.9 Å². The van der Waals surface area contributed by atoms with Gasteiger partial charge in [-0.1, -0.05) is 41.5 Å². The molecule has 1 aliphatic rings. The highest BCUT2D eigenvalue weighted by molar-refractivity contribution is 4.91. The number of aliphatic hydroxyl groups is 1. The average molecular weight is 228 g/mol. The third kappa shape index (κ3) is 3.76. The zero-order valence-corrected chi connectivity index (χ0v) is 12.2. The maximum absolute atomic E-state index is 8.84. The quantitative estimate of drug-likeness (QED) is 0.751. The largest absolute Gasteiger partial charge is 0.396 e. The van der Waals surface area contributed by atoms with Gasteiger partial charge in [0.05, 0.1) is 0 Å². The van der Waals surface area contributed by atoms with Crippen molar-refractivity contribution in [2.45, 2.75) is 67.2 Å². The van der Waals surface area contributed by atoms with E-state index in [2.05, 4.69) is 27.7 Å². The van der Waals surface area contributed by atoms with Crippen molar-refractivity contribution in [1.82, 2.24) is 0 Å². The van der Waals surface area contributed by atoms with Gasteiger partial charge in [0.15, 0.2) is 0 Å². The molecule has 16 heavy (non-hydrogen) atoms. The molecule has 0 aliphatic heterocycles. The lowest BCUT2D eigenvalue weighted by atomic mass is 9.70. The molecule has 1 aliphatic carbocycles. The predicted molar refractivity (Wildman–Crippen MR) is 72.5 cm³/mol. The summed E-state index contributed by atoms with van der Waals surface area (Å²) < 4.78 is 0. The molecule has 1 nitrogen and oxygen atoms in total. The molecule has 1 N–H and O–H groups in total. The summed E-state index contributed by atoms with van der Waals surface area (Å²) in [7, 11) is 0. The molecule has 0 heterocycles. The van der Waals surface area contributed by atoms with Crippen molar-refractivity contribution < 1.29 is 5.11 Å². The Morgan fingerprint density at radius 2 is 1.81 bits per heavy atom. The predicted octanol–water partition coefficient (Wildman–Crippen LogP) is 4.49. The zero-order valence-electron chi connectivity index (χ0n) is 12.2. The lowest BCUT2D eigenvalue weighted by molar-refractivity contribution is 0.134. The fraction of sp³-hybridized carbons (Fsp3) is 1.00. The maximum Gasteiger partial charge on any atom is 0.0431 e. The molecule has 0 amide bonds. The molecule has 0 aromatic carbocycles. The number of rotatable bonds is 4. The van der Waals surface area contributed by atoms with Crippen LogP contribution in [0.4, 0.5) is 0 Å². The van der Waals surface area contributed by atoms with Crippen LogP contribution in [-0.4, -0.2) is 11.7 Å². The van der Waals surface area contributed by atoms with Gasteiger partial charge in [0.25, 0.3) is 0 Å². The molecule has 0 bridgehead atoms. The van der Waals surface area contributed by atoms with E-state index in [0.717, 1.165) is 24.2 Å². The molecular formula is C15H32O. The van der Waals surface area contributed by atoms with Gasteiger partial charge < -0.3 is 5.11 Å². The first kappa shape index (κ1) is 16.0. The van der Waals surface area contributed by atoms with Gasteiger partial charge in [0.2, 0.25) is 0 Å². The van der Waals surface area contributed by atoms with Crippen LogP contribution in [0.3, 0.4) is 0 Å². The Balaban J connectivity index is 0.00000106. The summed E-state index contributed by atoms with van der Waals surface area (Å²) in [5.41, 5.74) is 0.509. The Labute approximate surface area is 103 Å². The van der Waals surface area contributed by atoms with Gasteiger partial charge in [-0.2, -0.15) is 0 Å². The van der Waals surface area contributed by atoms with E-state index in [0.29, 0.717) is 12.0 Å². The lowest BCUT2D eigenvalue weighted by Gasteiger charge is -2.35. The summed E-state index contributed by atoms with van der Waals surface area (Å²) in [6.07, 6.45) is 4.95. The minimum atomic E-state index is 0.354. The summed E-state index contributed by atoms with van der Waals surface area (Å²) in [6, 6.07) is 0. The highest BCUT2D eigenvalue weighted by Crippen LogP contribution is 2.51. The molecular weight excluding hydrogens is 196 g/mol. The first-order valence-electron chi connectivity index (χ1n) is 7.11. The molecule has 3 unspecified atom stereocenters. The van der Waals surface area contributed by atoms with E-state index in [-0.39, 0.29) is 0 Å². The second-order valence-electron chi connectivity index (χ2n) is 5.75. The van der Waals surface area contributed by atoms with E-state index in [1.54, 1.807) is 0 Å². The van der Waals surface area contributed by atoms with Crippen LogP contribution in [0.25, 0.3) is 0 Å². The summed E-state index contributed by atoms with van der Waals surface area (Å²) in [5.74, 6) is 2.51. The van der Waals surface area contributed by atoms with Crippen LogP contribution in [-0.2, 0) is 0 Å². The highest BCUT2D eigenvalue weighted by atomic mass is 16.2. The van der Waals surface area contributed by atoms with Gasteiger partial charge in [-0.3, -0.25) is 0 Å². The zero-order chi connectivity index (χ0) is 12.8. The fourth-order valence-electron chi connectivity index (χ4n) is 3.17. The Kier molecular flexibility index (Phi) is 7.30. The number of aliphatic hydroxyl groups excluding tert-OH is 1. The topological polar surface area (TPSA) is 20.2 Å². The first-order valence-corrected chi connectivity index (χ1v) is 7.11. The summed E-state index contributed by atoms with van der Waals surface area (Å²) in [4.78, 5) is 0. The molecule has 1 rings (SSSR count). The highest BCUT2D eigenvalue weighted by Gasteiger charge is 2.42. The second-order valence-corrected chi connectivity index (χ2v) is 5.75. The Morgan fingerprint density at radius 1 is 1.25 bits per heavy atom. The number of hydrogen-bond acceptors (Lipinski definition) is 1. The molecule has 0 spiro atoms. The van der Waals surface area contributed by atoms with E-state index in [1.165, 1.54) is 19.3 Å². The second kappa shape index (κ2) is 7.32. The average Bonchev–Trinajstić information content (AvgIpc) is 2.54. The van der Waals surface area contributed by atoms with Gasteiger partial charge in [-0.15, -0.1) is 0 Å². The van der Waals surface area contributed by atoms with E-state index in [9.17, 15) is 0 Å². The Hall–Kier alpha value is -0.0400.